The predicted molar refractivity (Wildman–Crippen MR) is 117 cm³/mol. The van der Waals surface area contributed by atoms with Crippen molar-refractivity contribution in [2.45, 2.75) is 5.75 Å². The summed E-state index contributed by atoms with van der Waals surface area (Å²) in [7, 11) is -3.55. The lowest BCUT2D eigenvalue weighted by molar-refractivity contribution is 0.0689. The second-order valence-corrected chi connectivity index (χ2v) is 9.49. The summed E-state index contributed by atoms with van der Waals surface area (Å²) in [6, 6.07) is 11.2. The Kier molecular flexibility index (Phi) is 7.24. The van der Waals surface area contributed by atoms with Crippen molar-refractivity contribution in [1.29, 1.82) is 0 Å². The summed E-state index contributed by atoms with van der Waals surface area (Å²) in [5, 5.41) is 14.8. The third kappa shape index (κ3) is 5.24. The summed E-state index contributed by atoms with van der Waals surface area (Å²) in [5.74, 6) is -1.85. The second kappa shape index (κ2) is 8.93. The molecule has 0 saturated carbocycles. The maximum atomic E-state index is 12.0. The van der Waals surface area contributed by atoms with Gasteiger partial charge in [0.05, 0.1) is 22.2 Å². The Morgan fingerprint density at radius 1 is 1.07 bits per heavy atom. The van der Waals surface area contributed by atoms with Crippen LogP contribution in [0.4, 0.5) is 0 Å². The van der Waals surface area contributed by atoms with Gasteiger partial charge in [0, 0.05) is 27.4 Å². The number of nitrogens with zero attached hydrogens (tertiary/aromatic N) is 2. The maximum Gasteiger partial charge on any atom is 0.356 e. The largest absolute Gasteiger partial charge is 0.476 e. The molecule has 0 radical (unpaired) electrons. The Balaban J connectivity index is 0.00000300. The lowest BCUT2D eigenvalue weighted by atomic mass is 10.1. The lowest BCUT2D eigenvalue weighted by Gasteiger charge is -2.12. The van der Waals surface area contributed by atoms with Gasteiger partial charge in [0.1, 0.15) is 0 Å². The van der Waals surface area contributed by atoms with Gasteiger partial charge in [-0.3, -0.25) is 0 Å². The molecular weight excluding hydrogens is 482 g/mol. The molecule has 1 N–H and O–H groups in total. The summed E-state index contributed by atoms with van der Waals surface area (Å²) >= 11 is 18.2. The fraction of sp³-hybridized carbons (Fsp3) is 0.111. The van der Waals surface area contributed by atoms with Crippen molar-refractivity contribution in [1.82, 2.24) is 9.78 Å². The first kappa shape index (κ1) is 23.5. The fourth-order valence-electron chi connectivity index (χ4n) is 2.75. The van der Waals surface area contributed by atoms with E-state index >= 15 is 0 Å². The number of sulfone groups is 1. The van der Waals surface area contributed by atoms with E-state index in [0.717, 1.165) is 6.26 Å². The van der Waals surface area contributed by atoms with Crippen LogP contribution in [0.3, 0.4) is 0 Å². The van der Waals surface area contributed by atoms with Crippen LogP contribution in [0.25, 0.3) is 16.9 Å². The van der Waals surface area contributed by atoms with Crippen LogP contribution in [-0.2, 0) is 15.6 Å². The first-order valence-electron chi connectivity index (χ1n) is 7.81. The molecule has 0 bridgehead atoms. The van der Waals surface area contributed by atoms with E-state index in [1.807, 2.05) is 0 Å². The molecule has 11 heteroatoms. The van der Waals surface area contributed by atoms with Gasteiger partial charge in [-0.05, 0) is 30.3 Å². The van der Waals surface area contributed by atoms with Crippen molar-refractivity contribution >= 4 is 63.0 Å². The molecular formula is C18H14Cl4N2O4S. The van der Waals surface area contributed by atoms with Gasteiger partial charge in [-0.1, -0.05) is 46.9 Å². The van der Waals surface area contributed by atoms with Crippen LogP contribution >= 0.6 is 47.2 Å². The van der Waals surface area contributed by atoms with Crippen LogP contribution in [-0.4, -0.2) is 35.5 Å². The second-order valence-electron chi connectivity index (χ2n) is 6.07. The highest BCUT2D eigenvalue weighted by atomic mass is 35.5. The molecule has 29 heavy (non-hydrogen) atoms. The van der Waals surface area contributed by atoms with Crippen molar-refractivity contribution in [3.05, 3.63) is 68.8 Å². The van der Waals surface area contributed by atoms with Crippen LogP contribution in [0.5, 0.6) is 0 Å². The topological polar surface area (TPSA) is 89.3 Å². The normalized spacial score (nSPS) is 11.2. The predicted octanol–water partition coefficient (Wildman–Crippen LogP) is 5.16. The minimum atomic E-state index is -3.55. The van der Waals surface area contributed by atoms with E-state index in [4.69, 9.17) is 34.8 Å². The van der Waals surface area contributed by atoms with Crippen molar-refractivity contribution in [2.75, 3.05) is 6.26 Å². The molecule has 1 aromatic heterocycles. The smallest absolute Gasteiger partial charge is 0.356 e. The molecule has 3 aromatic rings. The maximum absolute atomic E-state index is 12.0. The molecule has 2 aromatic carbocycles. The quantitative estimate of drug-likeness (QED) is 0.527. The summed E-state index contributed by atoms with van der Waals surface area (Å²) in [6.45, 7) is 0. The molecule has 0 aliphatic heterocycles. The van der Waals surface area contributed by atoms with E-state index in [-0.39, 0.29) is 28.7 Å². The molecule has 0 atom stereocenters. The molecule has 1 heterocycles. The van der Waals surface area contributed by atoms with Gasteiger partial charge < -0.3 is 5.11 Å². The van der Waals surface area contributed by atoms with Crippen molar-refractivity contribution in [2.24, 2.45) is 0 Å². The van der Waals surface area contributed by atoms with E-state index in [1.54, 1.807) is 36.4 Å². The van der Waals surface area contributed by atoms with Crippen LogP contribution in [0.15, 0.2) is 42.5 Å². The van der Waals surface area contributed by atoms with Crippen molar-refractivity contribution in [3.63, 3.8) is 0 Å². The number of benzene rings is 2. The van der Waals surface area contributed by atoms with Crippen LogP contribution < -0.4 is 0 Å². The zero-order valence-electron chi connectivity index (χ0n) is 14.8. The average Bonchev–Trinajstić information content (AvgIpc) is 2.93. The summed E-state index contributed by atoms with van der Waals surface area (Å²) in [6.07, 6.45) is 1.02. The number of hydrogen-bond acceptors (Lipinski definition) is 4. The molecule has 0 unspecified atom stereocenters. The number of carboxylic acid groups (broad SMARTS) is 1. The summed E-state index contributed by atoms with van der Waals surface area (Å²) < 4.78 is 25.3. The molecule has 0 fully saturated rings. The third-order valence-corrected chi connectivity index (χ3v) is 5.45. The number of carboxylic acids is 1. The minimum Gasteiger partial charge on any atom is -0.476 e. The van der Waals surface area contributed by atoms with Crippen LogP contribution in [0.2, 0.25) is 15.1 Å². The highest BCUT2D eigenvalue weighted by Gasteiger charge is 2.27. The average molecular weight is 496 g/mol. The molecule has 0 aliphatic rings. The van der Waals surface area contributed by atoms with Crippen LogP contribution in [0.1, 0.15) is 16.1 Å². The summed E-state index contributed by atoms with van der Waals surface area (Å²) in [4.78, 5) is 11.8. The Bertz CT molecular complexity index is 1180. The van der Waals surface area contributed by atoms with E-state index in [0.29, 0.717) is 27.0 Å². The highest BCUT2D eigenvalue weighted by molar-refractivity contribution is 7.89. The minimum absolute atomic E-state index is 0. The van der Waals surface area contributed by atoms with Gasteiger partial charge >= 0.3 is 5.97 Å². The monoisotopic (exact) mass is 494 g/mol. The number of halogens is 4. The number of carbonyl (C=O) groups is 1. The fourth-order valence-corrected chi connectivity index (χ4v) is 4.17. The SMILES string of the molecule is CS(=O)(=O)Cc1c(C(=O)O)nn(-c2ccc(Cl)cc2Cl)c1-c1ccc(Cl)cc1.Cl. The van der Waals surface area contributed by atoms with Gasteiger partial charge in [-0.2, -0.15) is 5.10 Å². The zero-order chi connectivity index (χ0) is 20.6. The van der Waals surface area contributed by atoms with E-state index in [1.165, 1.54) is 10.7 Å². The number of hydrogen-bond donors (Lipinski definition) is 1. The Labute approximate surface area is 188 Å². The molecule has 0 aliphatic carbocycles. The number of aromatic nitrogens is 2. The standard InChI is InChI=1S/C18H13Cl3N2O4S.ClH/c1-28(26,27)9-13-16(18(24)25)22-23(15-7-6-12(20)8-14(15)21)17(13)10-2-4-11(19)5-3-10;/h2-8H,9H2,1H3,(H,24,25);1H. The Morgan fingerprint density at radius 2 is 1.66 bits per heavy atom. The molecule has 6 nitrogen and oxygen atoms in total. The Morgan fingerprint density at radius 3 is 2.17 bits per heavy atom. The number of rotatable bonds is 5. The molecule has 3 rings (SSSR count). The zero-order valence-corrected chi connectivity index (χ0v) is 18.7. The van der Waals surface area contributed by atoms with E-state index < -0.39 is 21.6 Å². The van der Waals surface area contributed by atoms with Gasteiger partial charge in [0.15, 0.2) is 15.5 Å². The van der Waals surface area contributed by atoms with Crippen molar-refractivity contribution < 1.29 is 18.3 Å². The molecule has 154 valence electrons. The van der Waals surface area contributed by atoms with Gasteiger partial charge in [0.2, 0.25) is 0 Å². The first-order chi connectivity index (χ1) is 13.1. The van der Waals surface area contributed by atoms with Gasteiger partial charge in [-0.25, -0.2) is 17.9 Å². The molecule has 0 amide bonds. The van der Waals surface area contributed by atoms with Gasteiger partial charge in [-0.15, -0.1) is 12.4 Å². The number of aromatic carboxylic acids is 1. The Hall–Kier alpha value is -1.77. The summed E-state index contributed by atoms with van der Waals surface area (Å²) in [5.41, 5.74) is 0.876. The first-order valence-corrected chi connectivity index (χ1v) is 11.0. The highest BCUT2D eigenvalue weighted by Crippen LogP contribution is 2.34. The van der Waals surface area contributed by atoms with Crippen molar-refractivity contribution in [3.8, 4) is 16.9 Å². The van der Waals surface area contributed by atoms with E-state index in [9.17, 15) is 18.3 Å². The lowest BCUT2D eigenvalue weighted by Crippen LogP contribution is -2.07. The van der Waals surface area contributed by atoms with E-state index in [2.05, 4.69) is 5.10 Å². The molecule has 0 spiro atoms. The van der Waals surface area contributed by atoms with Gasteiger partial charge in [0.25, 0.3) is 0 Å². The molecule has 0 saturated heterocycles. The third-order valence-electron chi connectivity index (χ3n) is 3.85. The van der Waals surface area contributed by atoms with Crippen LogP contribution in [0, 0.1) is 0 Å².